The fourth-order valence-corrected chi connectivity index (χ4v) is 2.40. The lowest BCUT2D eigenvalue weighted by Gasteiger charge is -2.03. The number of fused-ring (bicyclic) bond motifs is 1. The van der Waals surface area contributed by atoms with Crippen molar-refractivity contribution in [2.24, 2.45) is 0 Å². The number of aromatic nitrogens is 2. The number of nitro benzene ring substituents is 2. The van der Waals surface area contributed by atoms with Gasteiger partial charge in [0.15, 0.2) is 0 Å². The van der Waals surface area contributed by atoms with Crippen molar-refractivity contribution in [1.29, 1.82) is 0 Å². The number of non-ortho nitro benzene ring substituents is 1. The molecule has 0 saturated carbocycles. The van der Waals surface area contributed by atoms with Gasteiger partial charge in [-0.15, -0.1) is 0 Å². The van der Waals surface area contributed by atoms with E-state index in [9.17, 15) is 20.2 Å². The third kappa shape index (κ3) is 1.91. The first kappa shape index (κ1) is 12.3. The molecule has 0 radical (unpaired) electrons. The molecule has 3 rings (SSSR count). The van der Waals surface area contributed by atoms with Crippen LogP contribution >= 0.6 is 0 Å². The second kappa shape index (κ2) is 4.41. The largest absolute Gasteiger partial charge is 0.301 e. The van der Waals surface area contributed by atoms with Crippen molar-refractivity contribution in [2.45, 2.75) is 19.3 Å². The summed E-state index contributed by atoms with van der Waals surface area (Å²) < 4.78 is 1.44. The van der Waals surface area contributed by atoms with E-state index < -0.39 is 9.85 Å². The molecule has 0 amide bonds. The maximum Gasteiger partial charge on any atom is 0.301 e. The Bertz CT molecular complexity index is 701. The first-order valence-corrected chi connectivity index (χ1v) is 6.07. The van der Waals surface area contributed by atoms with Crippen molar-refractivity contribution in [1.82, 2.24) is 9.78 Å². The normalized spacial score (nSPS) is 13.2. The van der Waals surface area contributed by atoms with Gasteiger partial charge in [-0.05, 0) is 30.9 Å². The molecule has 0 aliphatic heterocycles. The van der Waals surface area contributed by atoms with Gasteiger partial charge in [0.05, 0.1) is 21.6 Å². The van der Waals surface area contributed by atoms with Gasteiger partial charge in [0.25, 0.3) is 5.69 Å². The predicted octanol–water partition coefficient (Wildman–Crippen LogP) is 2.18. The van der Waals surface area contributed by atoms with Gasteiger partial charge in [0.1, 0.15) is 5.69 Å². The van der Waals surface area contributed by atoms with Crippen LogP contribution in [0.1, 0.15) is 17.7 Å². The third-order valence-corrected chi connectivity index (χ3v) is 3.35. The lowest BCUT2D eigenvalue weighted by Crippen LogP contribution is -2.02. The zero-order valence-electron chi connectivity index (χ0n) is 10.4. The molecule has 0 spiro atoms. The average Bonchev–Trinajstić information content (AvgIpc) is 2.98. The number of aryl methyl sites for hydroxylation is 2. The zero-order chi connectivity index (χ0) is 14.3. The summed E-state index contributed by atoms with van der Waals surface area (Å²) in [6, 6.07) is 3.57. The Balaban J connectivity index is 2.12. The summed E-state index contributed by atoms with van der Waals surface area (Å²) in [6.45, 7) is 0. The molecule has 1 aromatic carbocycles. The fraction of sp³-hybridized carbons (Fsp3) is 0.250. The molecule has 1 heterocycles. The third-order valence-electron chi connectivity index (χ3n) is 3.35. The SMILES string of the molecule is O=[N+]([O-])c1ccc(-n2cc3c(n2)CCC3)c([N+](=O)[O-])c1. The number of nitro groups is 2. The summed E-state index contributed by atoms with van der Waals surface area (Å²) in [7, 11) is 0. The Morgan fingerprint density at radius 2 is 1.95 bits per heavy atom. The number of rotatable bonds is 3. The molecule has 0 saturated heterocycles. The van der Waals surface area contributed by atoms with Gasteiger partial charge < -0.3 is 0 Å². The van der Waals surface area contributed by atoms with Gasteiger partial charge >= 0.3 is 5.69 Å². The van der Waals surface area contributed by atoms with Crippen LogP contribution < -0.4 is 0 Å². The molecule has 20 heavy (non-hydrogen) atoms. The van der Waals surface area contributed by atoms with E-state index in [-0.39, 0.29) is 17.1 Å². The molecule has 0 atom stereocenters. The van der Waals surface area contributed by atoms with Crippen LogP contribution in [-0.4, -0.2) is 19.6 Å². The summed E-state index contributed by atoms with van der Waals surface area (Å²) in [4.78, 5) is 20.5. The molecule has 0 fully saturated rings. The first-order chi connectivity index (χ1) is 9.56. The van der Waals surface area contributed by atoms with Crippen LogP contribution in [0.4, 0.5) is 11.4 Å². The molecule has 1 aliphatic carbocycles. The van der Waals surface area contributed by atoms with Crippen LogP contribution in [0, 0.1) is 20.2 Å². The number of nitrogens with zero attached hydrogens (tertiary/aromatic N) is 4. The minimum Gasteiger partial charge on any atom is -0.258 e. The summed E-state index contributed by atoms with van der Waals surface area (Å²) in [6.07, 6.45) is 4.58. The molecule has 1 aromatic heterocycles. The van der Waals surface area contributed by atoms with Crippen LogP contribution in [0.25, 0.3) is 5.69 Å². The summed E-state index contributed by atoms with van der Waals surface area (Å²) in [5.41, 5.74) is 1.64. The topological polar surface area (TPSA) is 104 Å². The van der Waals surface area contributed by atoms with E-state index in [1.54, 1.807) is 6.20 Å². The highest BCUT2D eigenvalue weighted by Crippen LogP contribution is 2.29. The Morgan fingerprint density at radius 1 is 1.15 bits per heavy atom. The zero-order valence-corrected chi connectivity index (χ0v) is 10.4. The van der Waals surface area contributed by atoms with Gasteiger partial charge in [0, 0.05) is 12.3 Å². The van der Waals surface area contributed by atoms with E-state index >= 15 is 0 Å². The number of benzene rings is 1. The maximum absolute atomic E-state index is 11.1. The van der Waals surface area contributed by atoms with E-state index in [1.807, 2.05) is 0 Å². The van der Waals surface area contributed by atoms with Gasteiger partial charge in [-0.1, -0.05) is 0 Å². The summed E-state index contributed by atoms with van der Waals surface area (Å²) in [5.74, 6) is 0. The van der Waals surface area contributed by atoms with Crippen molar-refractivity contribution >= 4 is 11.4 Å². The van der Waals surface area contributed by atoms with E-state index in [0.29, 0.717) is 0 Å². The molecule has 1 aliphatic rings. The van der Waals surface area contributed by atoms with E-state index in [1.165, 1.54) is 16.8 Å². The number of hydrogen-bond donors (Lipinski definition) is 0. The monoisotopic (exact) mass is 274 g/mol. The molecular formula is C12H10N4O4. The molecule has 8 nitrogen and oxygen atoms in total. The predicted molar refractivity (Wildman–Crippen MR) is 68.9 cm³/mol. The number of hydrogen-bond acceptors (Lipinski definition) is 5. The molecule has 102 valence electrons. The summed E-state index contributed by atoms with van der Waals surface area (Å²) >= 11 is 0. The first-order valence-electron chi connectivity index (χ1n) is 6.07. The van der Waals surface area contributed by atoms with Crippen LogP contribution in [0.3, 0.4) is 0 Å². The minimum absolute atomic E-state index is 0.245. The van der Waals surface area contributed by atoms with Crippen molar-refractivity contribution in [2.75, 3.05) is 0 Å². The smallest absolute Gasteiger partial charge is 0.258 e. The van der Waals surface area contributed by atoms with Gasteiger partial charge in [-0.25, -0.2) is 4.68 Å². The highest BCUT2D eigenvalue weighted by Gasteiger charge is 2.23. The molecule has 0 N–H and O–H groups in total. The minimum atomic E-state index is -0.653. The van der Waals surface area contributed by atoms with Crippen LogP contribution in [-0.2, 0) is 12.8 Å². The van der Waals surface area contributed by atoms with Crippen LogP contribution in [0.15, 0.2) is 24.4 Å². The van der Waals surface area contributed by atoms with Crippen LogP contribution in [0.2, 0.25) is 0 Å². The maximum atomic E-state index is 11.1. The fourth-order valence-electron chi connectivity index (χ4n) is 2.40. The second-order valence-corrected chi connectivity index (χ2v) is 4.59. The lowest BCUT2D eigenvalue weighted by molar-refractivity contribution is -0.394. The second-order valence-electron chi connectivity index (χ2n) is 4.59. The molecule has 0 bridgehead atoms. The Labute approximate surface area is 112 Å². The molecule has 0 unspecified atom stereocenters. The van der Waals surface area contributed by atoms with Crippen molar-refractivity contribution in [3.8, 4) is 5.69 Å². The van der Waals surface area contributed by atoms with Gasteiger partial charge in [-0.3, -0.25) is 20.2 Å². The highest BCUT2D eigenvalue weighted by molar-refractivity contribution is 5.58. The standard InChI is InChI=1S/C12H10N4O4/c17-15(18)9-4-5-11(12(6-9)16(19)20)14-7-8-2-1-3-10(8)13-14/h4-7H,1-3H2. The quantitative estimate of drug-likeness (QED) is 0.630. The van der Waals surface area contributed by atoms with Crippen LogP contribution in [0.5, 0.6) is 0 Å². The van der Waals surface area contributed by atoms with Gasteiger partial charge in [-0.2, -0.15) is 5.10 Å². The Kier molecular flexibility index (Phi) is 2.70. The van der Waals surface area contributed by atoms with E-state index in [0.717, 1.165) is 36.6 Å². The van der Waals surface area contributed by atoms with Crippen molar-refractivity contribution < 1.29 is 9.85 Å². The highest BCUT2D eigenvalue weighted by atomic mass is 16.6. The molecule has 8 heteroatoms. The lowest BCUT2D eigenvalue weighted by atomic mass is 10.2. The van der Waals surface area contributed by atoms with E-state index in [2.05, 4.69) is 5.10 Å². The summed E-state index contributed by atoms with van der Waals surface area (Å²) in [5, 5.41) is 26.1. The van der Waals surface area contributed by atoms with Crippen molar-refractivity contribution in [3.05, 3.63) is 55.9 Å². The molecular weight excluding hydrogens is 264 g/mol. The van der Waals surface area contributed by atoms with Gasteiger partial charge in [0.2, 0.25) is 0 Å². The Morgan fingerprint density at radius 3 is 2.60 bits per heavy atom. The molecule has 2 aromatic rings. The van der Waals surface area contributed by atoms with E-state index in [4.69, 9.17) is 0 Å². The van der Waals surface area contributed by atoms with Crippen molar-refractivity contribution in [3.63, 3.8) is 0 Å². The average molecular weight is 274 g/mol. The Hall–Kier alpha value is -2.77.